The van der Waals surface area contributed by atoms with Crippen molar-refractivity contribution in [1.82, 2.24) is 20.1 Å². The number of nitrogens with zero attached hydrogens (tertiary/aromatic N) is 3. The third-order valence-corrected chi connectivity index (χ3v) is 5.47. The minimum absolute atomic E-state index is 0.0442. The van der Waals surface area contributed by atoms with Crippen LogP contribution in [-0.2, 0) is 6.42 Å². The second kappa shape index (κ2) is 11.0. The molecule has 3 rings (SSSR count). The number of unbranched alkanes of at least 4 members (excludes halogenated alkanes) is 2. The summed E-state index contributed by atoms with van der Waals surface area (Å²) in [6, 6.07) is 11.3. The van der Waals surface area contributed by atoms with Crippen molar-refractivity contribution in [2.24, 2.45) is 0 Å². The van der Waals surface area contributed by atoms with Gasteiger partial charge in [0.05, 0.1) is 11.3 Å². The summed E-state index contributed by atoms with van der Waals surface area (Å²) in [5, 5.41) is 7.26. The molecular formula is C22H23F3N4OS. The van der Waals surface area contributed by atoms with Crippen molar-refractivity contribution in [2.75, 3.05) is 13.6 Å². The molecule has 5 nitrogen and oxygen atoms in total. The summed E-state index contributed by atoms with van der Waals surface area (Å²) in [7, 11) is 1.66. The van der Waals surface area contributed by atoms with Crippen LogP contribution < -0.4 is 0 Å². The molecule has 2 heterocycles. The highest BCUT2D eigenvalue weighted by Crippen LogP contribution is 2.27. The summed E-state index contributed by atoms with van der Waals surface area (Å²) in [6.45, 7) is 0.518. The van der Waals surface area contributed by atoms with Crippen molar-refractivity contribution >= 4 is 17.7 Å². The molecule has 0 atom stereocenters. The summed E-state index contributed by atoms with van der Waals surface area (Å²) >= 11 is 0.279. The number of rotatable bonds is 10. The standard InChI is InChI=1S/C22H23F3N4OS/c1-29(21(30)18-10-6-11-26-20(18)31-22(24)25)12-4-2-3-9-17-14-19(28-27-17)15-7-5-8-16(23)13-15/h5-8,10-11,13-14,22H,2-4,9,12H2,1H3,(H,27,28). The fraction of sp³-hybridized carbons (Fsp3) is 0.318. The van der Waals surface area contributed by atoms with Crippen LogP contribution in [0.25, 0.3) is 11.3 Å². The zero-order valence-electron chi connectivity index (χ0n) is 17.0. The molecule has 0 aliphatic rings. The Kier molecular flexibility index (Phi) is 8.11. The van der Waals surface area contributed by atoms with Gasteiger partial charge in [-0.05, 0) is 61.4 Å². The molecule has 0 aliphatic carbocycles. The number of nitrogens with one attached hydrogen (secondary N) is 1. The highest BCUT2D eigenvalue weighted by Gasteiger charge is 2.19. The lowest BCUT2D eigenvalue weighted by atomic mass is 10.1. The molecule has 0 fully saturated rings. The Balaban J connectivity index is 1.44. The number of alkyl halides is 2. The van der Waals surface area contributed by atoms with Crippen molar-refractivity contribution in [3.8, 4) is 11.3 Å². The summed E-state index contributed by atoms with van der Waals surface area (Å²) in [4.78, 5) is 18.0. The third kappa shape index (κ3) is 6.58. The molecule has 0 spiro atoms. The number of aromatic nitrogens is 3. The molecule has 2 aromatic heterocycles. The van der Waals surface area contributed by atoms with Crippen molar-refractivity contribution in [2.45, 2.75) is 36.5 Å². The second-order valence-electron chi connectivity index (χ2n) is 7.06. The highest BCUT2D eigenvalue weighted by molar-refractivity contribution is 7.99. The van der Waals surface area contributed by atoms with Crippen LogP contribution in [0.2, 0.25) is 0 Å². The fourth-order valence-electron chi connectivity index (χ4n) is 3.17. The number of pyridine rings is 1. The normalized spacial score (nSPS) is 11.1. The summed E-state index contributed by atoms with van der Waals surface area (Å²) in [5.74, 6) is -3.24. The van der Waals surface area contributed by atoms with E-state index in [0.717, 1.165) is 36.9 Å². The van der Waals surface area contributed by atoms with Gasteiger partial charge in [-0.3, -0.25) is 9.89 Å². The van der Waals surface area contributed by atoms with Crippen LogP contribution in [-0.4, -0.2) is 45.3 Å². The van der Waals surface area contributed by atoms with Gasteiger partial charge in [0.15, 0.2) is 0 Å². The van der Waals surface area contributed by atoms with Crippen LogP contribution in [0.4, 0.5) is 13.2 Å². The number of aromatic amines is 1. The van der Waals surface area contributed by atoms with E-state index in [-0.39, 0.29) is 34.1 Å². The Morgan fingerprint density at radius 1 is 1.16 bits per heavy atom. The van der Waals surface area contributed by atoms with E-state index in [1.165, 1.54) is 29.3 Å². The third-order valence-electron chi connectivity index (χ3n) is 4.74. The number of hydrogen-bond acceptors (Lipinski definition) is 4. The molecular weight excluding hydrogens is 425 g/mol. The topological polar surface area (TPSA) is 61.9 Å². The molecule has 3 aromatic rings. The summed E-state index contributed by atoms with van der Waals surface area (Å²) < 4.78 is 38.7. The minimum Gasteiger partial charge on any atom is -0.342 e. The Labute approximate surface area is 183 Å². The van der Waals surface area contributed by atoms with E-state index >= 15 is 0 Å². The number of hydrogen-bond donors (Lipinski definition) is 1. The van der Waals surface area contributed by atoms with E-state index in [0.29, 0.717) is 12.2 Å². The number of carbonyl (C=O) groups excluding carboxylic acids is 1. The number of benzene rings is 1. The lowest BCUT2D eigenvalue weighted by Gasteiger charge is -2.18. The van der Waals surface area contributed by atoms with E-state index in [4.69, 9.17) is 0 Å². The molecule has 9 heteroatoms. The van der Waals surface area contributed by atoms with Crippen LogP contribution in [0.5, 0.6) is 0 Å². The molecule has 1 aromatic carbocycles. The molecule has 0 aliphatic heterocycles. The Morgan fingerprint density at radius 3 is 2.77 bits per heavy atom. The fourth-order valence-corrected chi connectivity index (χ4v) is 3.74. The van der Waals surface area contributed by atoms with Crippen LogP contribution >= 0.6 is 11.8 Å². The van der Waals surface area contributed by atoms with Gasteiger partial charge in [0, 0.05) is 31.0 Å². The molecule has 0 saturated carbocycles. The van der Waals surface area contributed by atoms with Gasteiger partial charge in [-0.1, -0.05) is 18.6 Å². The van der Waals surface area contributed by atoms with E-state index in [1.54, 1.807) is 19.2 Å². The number of carbonyl (C=O) groups is 1. The number of thioether (sulfide) groups is 1. The summed E-state index contributed by atoms with van der Waals surface area (Å²) in [6.07, 6.45) is 4.75. The Hall–Kier alpha value is -2.81. The smallest absolute Gasteiger partial charge is 0.290 e. The molecule has 164 valence electrons. The molecule has 1 amide bonds. The van der Waals surface area contributed by atoms with Gasteiger partial charge in [0.2, 0.25) is 0 Å². The first-order valence-corrected chi connectivity index (χ1v) is 10.8. The Bertz CT molecular complexity index is 1010. The van der Waals surface area contributed by atoms with Crippen molar-refractivity contribution < 1.29 is 18.0 Å². The molecule has 0 unspecified atom stereocenters. The van der Waals surface area contributed by atoms with Gasteiger partial charge in [-0.25, -0.2) is 9.37 Å². The van der Waals surface area contributed by atoms with Gasteiger partial charge in [0.25, 0.3) is 11.7 Å². The molecule has 0 saturated heterocycles. The van der Waals surface area contributed by atoms with Crippen LogP contribution in [0.1, 0.15) is 35.3 Å². The number of halogens is 3. The first kappa shape index (κ1) is 22.9. The minimum atomic E-state index is -2.63. The average Bonchev–Trinajstić information content (AvgIpc) is 3.22. The summed E-state index contributed by atoms with van der Waals surface area (Å²) in [5.41, 5.74) is 2.58. The van der Waals surface area contributed by atoms with E-state index in [9.17, 15) is 18.0 Å². The van der Waals surface area contributed by atoms with Gasteiger partial charge in [-0.2, -0.15) is 13.9 Å². The maximum Gasteiger partial charge on any atom is 0.290 e. The zero-order valence-corrected chi connectivity index (χ0v) is 17.8. The lowest BCUT2D eigenvalue weighted by molar-refractivity contribution is 0.0788. The maximum atomic E-state index is 13.4. The predicted octanol–water partition coefficient (Wildman–Crippen LogP) is 5.41. The highest BCUT2D eigenvalue weighted by atomic mass is 32.2. The van der Waals surface area contributed by atoms with Gasteiger partial charge in [0.1, 0.15) is 10.8 Å². The van der Waals surface area contributed by atoms with Gasteiger partial charge >= 0.3 is 0 Å². The number of amides is 1. The molecule has 1 N–H and O–H groups in total. The quantitative estimate of drug-likeness (QED) is 0.333. The average molecular weight is 449 g/mol. The monoisotopic (exact) mass is 448 g/mol. The van der Waals surface area contributed by atoms with Gasteiger partial charge in [-0.15, -0.1) is 0 Å². The van der Waals surface area contributed by atoms with Crippen LogP contribution in [0.3, 0.4) is 0 Å². The van der Waals surface area contributed by atoms with Gasteiger partial charge < -0.3 is 4.90 Å². The van der Waals surface area contributed by atoms with Crippen LogP contribution in [0, 0.1) is 5.82 Å². The molecule has 0 bridgehead atoms. The maximum absolute atomic E-state index is 13.4. The van der Waals surface area contributed by atoms with Crippen LogP contribution in [0.15, 0.2) is 53.7 Å². The predicted molar refractivity (Wildman–Crippen MR) is 115 cm³/mol. The Morgan fingerprint density at radius 2 is 2.00 bits per heavy atom. The van der Waals surface area contributed by atoms with E-state index in [2.05, 4.69) is 15.2 Å². The largest absolute Gasteiger partial charge is 0.342 e. The first-order valence-electron chi connectivity index (χ1n) is 9.89. The van der Waals surface area contributed by atoms with Crippen molar-refractivity contribution in [1.29, 1.82) is 0 Å². The first-order chi connectivity index (χ1) is 14.9. The zero-order chi connectivity index (χ0) is 22.2. The van der Waals surface area contributed by atoms with Crippen molar-refractivity contribution in [3.63, 3.8) is 0 Å². The lowest BCUT2D eigenvalue weighted by Crippen LogP contribution is -2.28. The molecule has 0 radical (unpaired) electrons. The number of aryl methyl sites for hydroxylation is 1. The number of H-pyrrole nitrogens is 1. The van der Waals surface area contributed by atoms with E-state index < -0.39 is 5.76 Å². The molecule has 31 heavy (non-hydrogen) atoms. The SMILES string of the molecule is CN(CCCCCc1cc(-c2cccc(F)c2)n[nH]1)C(=O)c1cccnc1SC(F)F. The second-order valence-corrected chi connectivity index (χ2v) is 8.04. The van der Waals surface area contributed by atoms with Crippen molar-refractivity contribution in [3.05, 3.63) is 65.7 Å². The van der Waals surface area contributed by atoms with E-state index in [1.807, 2.05) is 12.1 Å².